The average molecular weight is 223 g/mol. The number of hydrogen-bond donors (Lipinski definition) is 1. The van der Waals surface area contributed by atoms with E-state index in [0.717, 1.165) is 4.88 Å². The molecule has 0 spiro atoms. The number of nitrogens with zero attached hydrogens (tertiary/aromatic N) is 1. The number of thiazole rings is 1. The van der Waals surface area contributed by atoms with Gasteiger partial charge in [-0.15, -0.1) is 11.3 Å². The Morgan fingerprint density at radius 2 is 2.13 bits per heavy atom. The van der Waals surface area contributed by atoms with Gasteiger partial charge in [0.15, 0.2) is 0 Å². The predicted octanol–water partition coefficient (Wildman–Crippen LogP) is 2.75. The summed E-state index contributed by atoms with van der Waals surface area (Å²) in [5.41, 5.74) is 1.12. The highest BCUT2D eigenvalue weighted by atomic mass is 32.1. The molecule has 15 heavy (non-hydrogen) atoms. The van der Waals surface area contributed by atoms with Crippen LogP contribution in [0.3, 0.4) is 0 Å². The second-order valence-electron chi connectivity index (χ2n) is 3.15. The normalized spacial score (nSPS) is 10.6. The first kappa shape index (κ1) is 10.3. The fourth-order valence-electron chi connectivity index (χ4n) is 1.42. The van der Waals surface area contributed by atoms with Gasteiger partial charge in [0.1, 0.15) is 10.8 Å². The van der Waals surface area contributed by atoms with Gasteiger partial charge in [0.2, 0.25) is 0 Å². The molecule has 1 heterocycles. The highest BCUT2D eigenvalue weighted by molar-refractivity contribution is 7.12. The maximum Gasteiger partial charge on any atom is 0.132 e. The minimum Gasteiger partial charge on any atom is -0.389 e. The first-order chi connectivity index (χ1) is 7.22. The molecule has 78 valence electrons. The molecule has 2 nitrogen and oxygen atoms in total. The van der Waals surface area contributed by atoms with Crippen LogP contribution in [0.2, 0.25) is 0 Å². The summed E-state index contributed by atoms with van der Waals surface area (Å²) in [5, 5.41) is 9.56. The molecule has 1 aromatic heterocycles. The van der Waals surface area contributed by atoms with Crippen molar-refractivity contribution in [2.75, 3.05) is 0 Å². The van der Waals surface area contributed by atoms with Gasteiger partial charge < -0.3 is 5.11 Å². The lowest BCUT2D eigenvalue weighted by atomic mass is 10.1. The van der Waals surface area contributed by atoms with Crippen molar-refractivity contribution in [3.8, 4) is 11.3 Å². The molecule has 4 heteroatoms. The first-order valence-electron chi connectivity index (χ1n) is 4.54. The van der Waals surface area contributed by atoms with E-state index >= 15 is 0 Å². The number of aromatic nitrogens is 1. The fraction of sp³-hybridized carbons (Fsp3) is 0.182. The van der Waals surface area contributed by atoms with Crippen LogP contribution >= 0.6 is 11.3 Å². The maximum atomic E-state index is 13.5. The smallest absolute Gasteiger partial charge is 0.132 e. The zero-order valence-corrected chi connectivity index (χ0v) is 9.01. The van der Waals surface area contributed by atoms with Crippen LogP contribution in [0.15, 0.2) is 24.3 Å². The second-order valence-corrected chi connectivity index (χ2v) is 4.44. The summed E-state index contributed by atoms with van der Waals surface area (Å²) in [6.45, 7) is 1.78. The Kier molecular flexibility index (Phi) is 2.79. The van der Waals surface area contributed by atoms with Crippen LogP contribution in [0.4, 0.5) is 4.39 Å². The third-order valence-electron chi connectivity index (χ3n) is 2.11. The molecule has 0 saturated heterocycles. The molecule has 0 aliphatic heterocycles. The van der Waals surface area contributed by atoms with Crippen molar-refractivity contribution in [2.24, 2.45) is 0 Å². The van der Waals surface area contributed by atoms with E-state index in [1.807, 2.05) is 6.92 Å². The third-order valence-corrected chi connectivity index (χ3v) is 3.06. The van der Waals surface area contributed by atoms with E-state index in [9.17, 15) is 4.39 Å². The fourth-order valence-corrected chi connectivity index (χ4v) is 2.23. The van der Waals surface area contributed by atoms with Gasteiger partial charge in [-0.3, -0.25) is 0 Å². The SMILES string of the molecule is Cc1sc(CO)nc1-c1ccccc1F. The van der Waals surface area contributed by atoms with Gasteiger partial charge in [-0.25, -0.2) is 9.37 Å². The molecule has 0 aliphatic carbocycles. The summed E-state index contributed by atoms with van der Waals surface area (Å²) < 4.78 is 13.5. The maximum absolute atomic E-state index is 13.5. The zero-order chi connectivity index (χ0) is 10.8. The zero-order valence-electron chi connectivity index (χ0n) is 8.20. The van der Waals surface area contributed by atoms with Crippen LogP contribution in [-0.2, 0) is 6.61 Å². The average Bonchev–Trinajstić information content (AvgIpc) is 2.60. The largest absolute Gasteiger partial charge is 0.389 e. The van der Waals surface area contributed by atoms with Gasteiger partial charge in [0, 0.05) is 10.4 Å². The molecule has 0 atom stereocenters. The number of rotatable bonds is 2. The number of hydrogen-bond acceptors (Lipinski definition) is 3. The Balaban J connectivity index is 2.54. The van der Waals surface area contributed by atoms with E-state index in [1.54, 1.807) is 18.2 Å². The van der Waals surface area contributed by atoms with Gasteiger partial charge >= 0.3 is 0 Å². The highest BCUT2D eigenvalue weighted by Gasteiger charge is 2.12. The van der Waals surface area contributed by atoms with E-state index in [1.165, 1.54) is 17.4 Å². The number of halogens is 1. The molecule has 2 aromatic rings. The van der Waals surface area contributed by atoms with Gasteiger partial charge in [-0.2, -0.15) is 0 Å². The lowest BCUT2D eigenvalue weighted by Gasteiger charge is -1.99. The monoisotopic (exact) mass is 223 g/mol. The van der Waals surface area contributed by atoms with E-state index in [4.69, 9.17) is 5.11 Å². The summed E-state index contributed by atoms with van der Waals surface area (Å²) in [6, 6.07) is 6.52. The number of aryl methyl sites for hydroxylation is 1. The topological polar surface area (TPSA) is 33.1 Å². The van der Waals surface area contributed by atoms with Crippen molar-refractivity contribution in [2.45, 2.75) is 13.5 Å². The minimum absolute atomic E-state index is 0.0973. The van der Waals surface area contributed by atoms with Crippen LogP contribution in [0.25, 0.3) is 11.3 Å². The highest BCUT2D eigenvalue weighted by Crippen LogP contribution is 2.29. The van der Waals surface area contributed by atoms with Crippen LogP contribution in [0.1, 0.15) is 9.88 Å². The molecular weight excluding hydrogens is 213 g/mol. The Labute approximate surface area is 91.0 Å². The Hall–Kier alpha value is -1.26. The van der Waals surface area contributed by atoms with E-state index in [2.05, 4.69) is 4.98 Å². The quantitative estimate of drug-likeness (QED) is 0.849. The lowest BCUT2D eigenvalue weighted by molar-refractivity contribution is 0.281. The van der Waals surface area contributed by atoms with E-state index in [0.29, 0.717) is 16.3 Å². The lowest BCUT2D eigenvalue weighted by Crippen LogP contribution is -1.86. The molecule has 1 N–H and O–H groups in total. The Bertz CT molecular complexity index is 481. The van der Waals surface area contributed by atoms with Crippen molar-refractivity contribution in [1.29, 1.82) is 0 Å². The van der Waals surface area contributed by atoms with Crippen molar-refractivity contribution in [1.82, 2.24) is 4.98 Å². The van der Waals surface area contributed by atoms with Gasteiger partial charge in [-0.1, -0.05) is 12.1 Å². The van der Waals surface area contributed by atoms with Crippen LogP contribution in [-0.4, -0.2) is 10.1 Å². The molecule has 0 unspecified atom stereocenters. The molecule has 0 bridgehead atoms. The molecule has 1 aromatic carbocycles. The van der Waals surface area contributed by atoms with Crippen LogP contribution in [0.5, 0.6) is 0 Å². The van der Waals surface area contributed by atoms with Crippen LogP contribution < -0.4 is 0 Å². The van der Waals surface area contributed by atoms with Crippen molar-refractivity contribution >= 4 is 11.3 Å². The standard InChI is InChI=1S/C11H10FNOS/c1-7-11(13-10(6-14)15-7)8-4-2-3-5-9(8)12/h2-5,14H,6H2,1H3. The second kappa shape index (κ2) is 4.08. The predicted molar refractivity (Wildman–Crippen MR) is 58.2 cm³/mol. The van der Waals surface area contributed by atoms with Crippen molar-refractivity contribution in [3.05, 3.63) is 40.0 Å². The number of aliphatic hydroxyl groups excluding tert-OH is 1. The Morgan fingerprint density at radius 1 is 1.40 bits per heavy atom. The number of aliphatic hydroxyl groups is 1. The minimum atomic E-state index is -0.282. The summed E-state index contributed by atoms with van der Waals surface area (Å²) in [6.07, 6.45) is 0. The molecule has 2 rings (SSSR count). The van der Waals surface area contributed by atoms with Gasteiger partial charge in [0.25, 0.3) is 0 Å². The van der Waals surface area contributed by atoms with Gasteiger partial charge in [-0.05, 0) is 19.1 Å². The van der Waals surface area contributed by atoms with E-state index < -0.39 is 0 Å². The number of benzene rings is 1. The summed E-state index contributed by atoms with van der Waals surface area (Å²) in [4.78, 5) is 5.11. The molecule has 0 radical (unpaired) electrons. The van der Waals surface area contributed by atoms with Crippen LogP contribution in [0, 0.1) is 12.7 Å². The molecule has 0 saturated carbocycles. The summed E-state index contributed by atoms with van der Waals surface area (Å²) in [7, 11) is 0. The molecule has 0 amide bonds. The first-order valence-corrected chi connectivity index (χ1v) is 5.36. The van der Waals surface area contributed by atoms with Gasteiger partial charge in [0.05, 0.1) is 12.3 Å². The molecule has 0 fully saturated rings. The Morgan fingerprint density at radius 3 is 2.73 bits per heavy atom. The van der Waals surface area contributed by atoms with E-state index in [-0.39, 0.29) is 12.4 Å². The third kappa shape index (κ3) is 1.91. The van der Waals surface area contributed by atoms with Crippen molar-refractivity contribution in [3.63, 3.8) is 0 Å². The molecular formula is C11H10FNOS. The summed E-state index contributed by atoms with van der Waals surface area (Å²) in [5.74, 6) is -0.282. The summed E-state index contributed by atoms with van der Waals surface area (Å²) >= 11 is 1.39. The molecule has 0 aliphatic rings. The van der Waals surface area contributed by atoms with Crippen molar-refractivity contribution < 1.29 is 9.50 Å².